The van der Waals surface area contributed by atoms with Crippen LogP contribution < -0.4 is 5.32 Å². The van der Waals surface area contributed by atoms with E-state index in [1.807, 2.05) is 18.2 Å². The molecule has 0 atom stereocenters. The zero-order valence-corrected chi connectivity index (χ0v) is 18.5. The molecule has 0 radical (unpaired) electrons. The second-order valence-electron chi connectivity index (χ2n) is 7.19. The molecular weight excluding hydrogens is 440 g/mol. The van der Waals surface area contributed by atoms with Crippen LogP contribution in [0.25, 0.3) is 22.6 Å². The van der Waals surface area contributed by atoms with Gasteiger partial charge in [-0.2, -0.15) is 5.26 Å². The van der Waals surface area contributed by atoms with Crippen LogP contribution in [0.1, 0.15) is 27.2 Å². The molecule has 0 fully saturated rings. The number of carbonyl (C=O) groups excluding carboxylic acids is 1. The van der Waals surface area contributed by atoms with Crippen LogP contribution in [0, 0.1) is 11.3 Å². The molecule has 4 aromatic rings. The summed E-state index contributed by atoms with van der Waals surface area (Å²) in [4.78, 5) is 21.4. The maximum Gasteiger partial charge on any atom is 0.251 e. The van der Waals surface area contributed by atoms with E-state index < -0.39 is 0 Å². The topological polar surface area (TPSA) is 101 Å². The number of amides is 1. The normalized spacial score (nSPS) is 10.6. The molecule has 0 aliphatic rings. The Morgan fingerprint density at radius 1 is 1.12 bits per heavy atom. The highest BCUT2D eigenvalue weighted by Gasteiger charge is 2.16. The van der Waals surface area contributed by atoms with Gasteiger partial charge in [0, 0.05) is 31.0 Å². The van der Waals surface area contributed by atoms with Crippen molar-refractivity contribution in [2.45, 2.75) is 13.2 Å². The van der Waals surface area contributed by atoms with Gasteiger partial charge in [-0.25, -0.2) is 9.97 Å². The molecule has 164 valence electrons. The Bertz CT molecular complexity index is 1330. The van der Waals surface area contributed by atoms with Gasteiger partial charge in [0.05, 0.1) is 17.8 Å². The molecule has 2 heterocycles. The minimum absolute atomic E-state index is 0.284. The standard InChI is InChI=1S/C25H19ClN4O3/c1-32-15-21-14-30-25(33-21)20-9-18(22-5-3-2-4-17(22)11-27)8-19(10-20)24(31)29-13-16-6-7-23(26)28-12-16/h2-10,12,14H,13,15H2,1H3,(H,29,31). The molecule has 0 unspecified atom stereocenters. The Morgan fingerprint density at radius 2 is 1.94 bits per heavy atom. The summed E-state index contributed by atoms with van der Waals surface area (Å²) < 4.78 is 10.9. The minimum Gasteiger partial charge on any atom is -0.439 e. The van der Waals surface area contributed by atoms with E-state index >= 15 is 0 Å². The fourth-order valence-electron chi connectivity index (χ4n) is 3.32. The van der Waals surface area contributed by atoms with E-state index in [0.29, 0.717) is 44.6 Å². The van der Waals surface area contributed by atoms with Crippen LogP contribution in [0.3, 0.4) is 0 Å². The summed E-state index contributed by atoms with van der Waals surface area (Å²) in [7, 11) is 1.57. The van der Waals surface area contributed by atoms with Crippen molar-refractivity contribution in [3.05, 3.63) is 94.6 Å². The van der Waals surface area contributed by atoms with Crippen LogP contribution in [0.15, 0.2) is 71.4 Å². The minimum atomic E-state index is -0.286. The first-order valence-corrected chi connectivity index (χ1v) is 10.4. The number of benzene rings is 2. The zero-order chi connectivity index (χ0) is 23.2. The van der Waals surface area contributed by atoms with Gasteiger partial charge in [-0.3, -0.25) is 4.79 Å². The van der Waals surface area contributed by atoms with Gasteiger partial charge in [0.1, 0.15) is 11.8 Å². The third kappa shape index (κ3) is 5.26. The average molecular weight is 459 g/mol. The van der Waals surface area contributed by atoms with Crippen LogP contribution >= 0.6 is 11.6 Å². The molecular formula is C25H19ClN4O3. The van der Waals surface area contributed by atoms with Crippen molar-refractivity contribution in [2.24, 2.45) is 0 Å². The number of nitrogens with zero attached hydrogens (tertiary/aromatic N) is 3. The summed E-state index contributed by atoms with van der Waals surface area (Å²) >= 11 is 5.82. The van der Waals surface area contributed by atoms with Crippen LogP contribution in [-0.2, 0) is 17.9 Å². The van der Waals surface area contributed by atoms with E-state index in [2.05, 4.69) is 21.4 Å². The van der Waals surface area contributed by atoms with Crippen molar-refractivity contribution in [1.29, 1.82) is 5.26 Å². The molecule has 0 aliphatic heterocycles. The van der Waals surface area contributed by atoms with Gasteiger partial charge in [-0.15, -0.1) is 0 Å². The molecule has 4 rings (SSSR count). The highest BCUT2D eigenvalue weighted by molar-refractivity contribution is 6.29. The van der Waals surface area contributed by atoms with Gasteiger partial charge < -0.3 is 14.5 Å². The van der Waals surface area contributed by atoms with Gasteiger partial charge in [-0.1, -0.05) is 35.9 Å². The van der Waals surface area contributed by atoms with Crippen molar-refractivity contribution in [3.8, 4) is 28.7 Å². The van der Waals surface area contributed by atoms with Gasteiger partial charge in [0.25, 0.3) is 5.91 Å². The number of aromatic nitrogens is 2. The molecule has 33 heavy (non-hydrogen) atoms. The van der Waals surface area contributed by atoms with E-state index in [0.717, 1.165) is 5.56 Å². The molecule has 0 saturated carbocycles. The lowest BCUT2D eigenvalue weighted by molar-refractivity contribution is 0.0951. The van der Waals surface area contributed by atoms with Crippen LogP contribution in [0.4, 0.5) is 0 Å². The van der Waals surface area contributed by atoms with E-state index in [4.69, 9.17) is 20.8 Å². The van der Waals surface area contributed by atoms with Gasteiger partial charge in [0.2, 0.25) is 5.89 Å². The smallest absolute Gasteiger partial charge is 0.251 e. The van der Waals surface area contributed by atoms with Crippen molar-refractivity contribution < 1.29 is 13.9 Å². The van der Waals surface area contributed by atoms with E-state index in [1.54, 1.807) is 55.9 Å². The largest absolute Gasteiger partial charge is 0.439 e. The van der Waals surface area contributed by atoms with Gasteiger partial charge >= 0.3 is 0 Å². The molecule has 1 amide bonds. The maximum absolute atomic E-state index is 13.0. The number of nitrogens with one attached hydrogen (secondary N) is 1. The first kappa shape index (κ1) is 22.2. The molecule has 2 aromatic heterocycles. The first-order chi connectivity index (χ1) is 16.1. The fourth-order valence-corrected chi connectivity index (χ4v) is 3.43. The van der Waals surface area contributed by atoms with Crippen molar-refractivity contribution in [3.63, 3.8) is 0 Å². The van der Waals surface area contributed by atoms with E-state index in [1.165, 1.54) is 0 Å². The summed E-state index contributed by atoms with van der Waals surface area (Å²) in [6.45, 7) is 0.570. The number of hydrogen-bond donors (Lipinski definition) is 1. The summed E-state index contributed by atoms with van der Waals surface area (Å²) in [5, 5.41) is 12.8. The van der Waals surface area contributed by atoms with Crippen LogP contribution in [-0.4, -0.2) is 23.0 Å². The number of methoxy groups -OCH3 is 1. The summed E-state index contributed by atoms with van der Waals surface area (Å²) in [5.41, 5.74) is 3.75. The summed E-state index contributed by atoms with van der Waals surface area (Å²) in [6, 6.07) is 18.2. The predicted molar refractivity (Wildman–Crippen MR) is 123 cm³/mol. The van der Waals surface area contributed by atoms with Crippen molar-refractivity contribution in [1.82, 2.24) is 15.3 Å². The number of pyridine rings is 1. The average Bonchev–Trinajstić information content (AvgIpc) is 3.32. The highest BCUT2D eigenvalue weighted by atomic mass is 35.5. The Balaban J connectivity index is 1.71. The molecule has 0 bridgehead atoms. The number of ether oxygens (including phenoxy) is 1. The predicted octanol–water partition coefficient (Wildman–Crippen LogP) is 5.01. The maximum atomic E-state index is 13.0. The number of halogens is 1. The second kappa shape index (κ2) is 10.1. The number of rotatable bonds is 7. The van der Waals surface area contributed by atoms with E-state index in [9.17, 15) is 10.1 Å². The Morgan fingerprint density at radius 3 is 2.70 bits per heavy atom. The lowest BCUT2D eigenvalue weighted by Crippen LogP contribution is -2.23. The summed E-state index contributed by atoms with van der Waals surface area (Å²) in [5.74, 6) is 0.636. The number of hydrogen-bond acceptors (Lipinski definition) is 6. The second-order valence-corrected chi connectivity index (χ2v) is 7.58. The molecule has 2 aromatic carbocycles. The summed E-state index contributed by atoms with van der Waals surface area (Å²) in [6.07, 6.45) is 3.19. The Hall–Kier alpha value is -3.99. The monoisotopic (exact) mass is 458 g/mol. The Kier molecular flexibility index (Phi) is 6.79. The molecule has 1 N–H and O–H groups in total. The fraction of sp³-hybridized carbons (Fsp3) is 0.120. The van der Waals surface area contributed by atoms with Crippen LogP contribution in [0.5, 0.6) is 0 Å². The van der Waals surface area contributed by atoms with Crippen molar-refractivity contribution >= 4 is 17.5 Å². The molecule has 8 heteroatoms. The zero-order valence-electron chi connectivity index (χ0n) is 17.7. The number of carbonyl (C=O) groups is 1. The highest BCUT2D eigenvalue weighted by Crippen LogP contribution is 2.30. The van der Waals surface area contributed by atoms with E-state index in [-0.39, 0.29) is 19.1 Å². The molecule has 0 aliphatic carbocycles. The first-order valence-electron chi connectivity index (χ1n) is 10.0. The number of nitriles is 1. The lowest BCUT2D eigenvalue weighted by atomic mass is 9.96. The SMILES string of the molecule is COCc1cnc(-c2cc(C(=O)NCc3ccc(Cl)nc3)cc(-c3ccccc3C#N)c2)o1. The van der Waals surface area contributed by atoms with Crippen LogP contribution in [0.2, 0.25) is 5.15 Å². The third-order valence-corrected chi connectivity index (χ3v) is 5.11. The molecule has 0 saturated heterocycles. The Labute approximate surface area is 195 Å². The lowest BCUT2D eigenvalue weighted by Gasteiger charge is -2.11. The van der Waals surface area contributed by atoms with Gasteiger partial charge in [0.15, 0.2) is 5.76 Å². The van der Waals surface area contributed by atoms with Gasteiger partial charge in [-0.05, 0) is 47.0 Å². The molecule has 7 nitrogen and oxygen atoms in total. The quantitative estimate of drug-likeness (QED) is 0.391. The third-order valence-electron chi connectivity index (χ3n) is 4.88. The van der Waals surface area contributed by atoms with Crippen molar-refractivity contribution in [2.75, 3.05) is 7.11 Å². The number of oxazole rings is 1. The molecule has 0 spiro atoms.